The second kappa shape index (κ2) is 45.0. The molecular weight excluding hydrogens is 1150 g/mol. The molecule has 0 aliphatic carbocycles. The summed E-state index contributed by atoms with van der Waals surface area (Å²) in [5.41, 5.74) is 3.03. The van der Waals surface area contributed by atoms with Gasteiger partial charge in [-0.2, -0.15) is 19.9 Å². The van der Waals surface area contributed by atoms with Gasteiger partial charge in [0.05, 0.1) is 66.1 Å². The standard InChI is InChI=1S/C62H94N12O15/c1-50(86-41-37-82)45-52(47-74(46-51-16-18-55(19-17-51)87-42-38-83)62-67-60(70(22-9-30-75)23-10-31-76)66-61(68-62)72(27-34-79)28-35-80)11-7-8-21-69(25-32-77)49-64-59(73(29-36-81)48-54-13-4-6-15-57(54)89-44-40-85)65-58(63-2)71(26-33-78)24-20-53-12-3-5-14-56(53)88-43-39-84/h3-7,11-19,45,75-85H,1-2,8-10,20-44,46-49H2/b11-7-,52-45+,64-59+,65-58+. The van der Waals surface area contributed by atoms with E-state index in [0.29, 0.717) is 80.2 Å². The Morgan fingerprint density at radius 1 is 0.506 bits per heavy atom. The zero-order chi connectivity index (χ0) is 64.3. The summed E-state index contributed by atoms with van der Waals surface area (Å²) < 4.78 is 23.1. The van der Waals surface area contributed by atoms with E-state index >= 15 is 0 Å². The van der Waals surface area contributed by atoms with E-state index in [4.69, 9.17) is 43.9 Å². The highest BCUT2D eigenvalue weighted by atomic mass is 16.5. The van der Waals surface area contributed by atoms with Gasteiger partial charge in [0.2, 0.25) is 29.8 Å². The molecule has 3 aromatic carbocycles. The summed E-state index contributed by atoms with van der Waals surface area (Å²) in [6.07, 6.45) is 7.15. The van der Waals surface area contributed by atoms with Crippen LogP contribution in [-0.4, -0.2) is 276 Å². The summed E-state index contributed by atoms with van der Waals surface area (Å²) in [7, 11) is 0. The number of ether oxygens (including phenoxy) is 4. The summed E-state index contributed by atoms with van der Waals surface area (Å²) >= 11 is 0. The van der Waals surface area contributed by atoms with E-state index in [1.807, 2.05) is 81.4 Å². The van der Waals surface area contributed by atoms with Crippen LogP contribution in [0.4, 0.5) is 17.8 Å². The minimum atomic E-state index is -0.298. The topological polar surface area (TPSA) is 355 Å². The molecular formula is C62H94N12O15. The lowest BCUT2D eigenvalue weighted by atomic mass is 10.1. The Hall–Kier alpha value is -7.38. The van der Waals surface area contributed by atoms with Gasteiger partial charge in [-0.25, -0.2) is 9.98 Å². The number of rotatable bonds is 47. The van der Waals surface area contributed by atoms with Crippen molar-refractivity contribution in [2.45, 2.75) is 38.8 Å². The fourth-order valence-corrected chi connectivity index (χ4v) is 8.97. The number of guanidine groups is 2. The Bertz CT molecular complexity index is 2710. The molecule has 27 nitrogen and oxygen atoms in total. The second-order valence-electron chi connectivity index (χ2n) is 19.8. The van der Waals surface area contributed by atoms with Crippen molar-refractivity contribution >= 4 is 36.5 Å². The fourth-order valence-electron chi connectivity index (χ4n) is 8.97. The molecule has 0 radical (unpaired) electrons. The number of aromatic nitrogens is 3. The number of aliphatic hydroxyl groups is 11. The van der Waals surface area contributed by atoms with Crippen LogP contribution in [-0.2, 0) is 24.2 Å². The van der Waals surface area contributed by atoms with E-state index in [9.17, 15) is 56.2 Å². The van der Waals surface area contributed by atoms with Crippen LogP contribution in [0.3, 0.4) is 0 Å². The molecule has 0 aliphatic rings. The van der Waals surface area contributed by atoms with Gasteiger partial charge in [0.1, 0.15) is 49.4 Å². The molecule has 1 aromatic heterocycles. The molecule has 0 amide bonds. The summed E-state index contributed by atoms with van der Waals surface area (Å²) in [5, 5.41) is 109. The van der Waals surface area contributed by atoms with Gasteiger partial charge in [-0.3, -0.25) is 4.90 Å². The molecule has 0 atom stereocenters. The Labute approximate surface area is 522 Å². The Balaban J connectivity index is 1.82. The van der Waals surface area contributed by atoms with E-state index in [2.05, 4.69) is 18.3 Å². The number of nitrogens with zero attached hydrogens (tertiary/aromatic N) is 12. The van der Waals surface area contributed by atoms with Crippen LogP contribution < -0.4 is 28.9 Å². The Morgan fingerprint density at radius 2 is 1.04 bits per heavy atom. The lowest BCUT2D eigenvalue weighted by Gasteiger charge is -2.29. The van der Waals surface area contributed by atoms with Crippen LogP contribution in [0.2, 0.25) is 0 Å². The molecule has 0 bridgehead atoms. The van der Waals surface area contributed by atoms with E-state index in [0.717, 1.165) is 11.1 Å². The van der Waals surface area contributed by atoms with Crippen LogP contribution in [0.1, 0.15) is 36.0 Å². The predicted octanol–water partition coefficient (Wildman–Crippen LogP) is 0.445. The van der Waals surface area contributed by atoms with Gasteiger partial charge < -0.3 is 99.6 Å². The SMILES string of the molecule is C=N/C(=N\C(=N/CN(CCO)CC/C=C\C(=C/C(=C)OCCO)CN(Cc1ccc(OCCO)cc1)c1nc(N(CCO)CCO)nc(N(CCCO)CCCO)n1)N(CCO)Cc1ccccc1OCCO)N(CCO)CCc1ccccc1OCCO. The monoisotopic (exact) mass is 1250 g/mol. The maximum absolute atomic E-state index is 10.5. The van der Waals surface area contributed by atoms with Crippen LogP contribution in [0.25, 0.3) is 0 Å². The van der Waals surface area contributed by atoms with Gasteiger partial charge >= 0.3 is 0 Å². The third-order valence-corrected chi connectivity index (χ3v) is 13.2. The first-order chi connectivity index (χ1) is 43.5. The fraction of sp³-hybridized carbons (Fsp3) is 0.516. The molecule has 0 unspecified atom stereocenters. The minimum absolute atomic E-state index is 0.00514. The molecule has 1 heterocycles. The number of anilines is 3. The number of aliphatic hydroxyl groups excluding tert-OH is 11. The summed E-state index contributed by atoms with van der Waals surface area (Å²) in [6.45, 7) is 8.26. The number of allylic oxidation sites excluding steroid dienone is 1. The number of para-hydroxylation sites is 2. The third kappa shape index (κ3) is 27.5. The number of hydrogen-bond donors (Lipinski definition) is 11. The molecule has 0 aliphatic heterocycles. The van der Waals surface area contributed by atoms with E-state index < -0.39 is 0 Å². The first-order valence-electron chi connectivity index (χ1n) is 29.9. The predicted molar refractivity (Wildman–Crippen MR) is 342 cm³/mol. The van der Waals surface area contributed by atoms with Gasteiger partial charge in [0.15, 0.2) is 0 Å². The van der Waals surface area contributed by atoms with Crippen molar-refractivity contribution in [2.75, 3.05) is 186 Å². The first kappa shape index (κ1) is 74.1. The van der Waals surface area contributed by atoms with Crippen LogP contribution >= 0.6 is 0 Å². The van der Waals surface area contributed by atoms with Gasteiger partial charge in [-0.1, -0.05) is 67.3 Å². The highest BCUT2D eigenvalue weighted by Crippen LogP contribution is 2.26. The maximum atomic E-state index is 10.5. The van der Waals surface area contributed by atoms with Crippen molar-refractivity contribution in [1.29, 1.82) is 0 Å². The highest BCUT2D eigenvalue weighted by molar-refractivity contribution is 5.96. The van der Waals surface area contributed by atoms with Gasteiger partial charge in [0, 0.05) is 97.3 Å². The smallest absolute Gasteiger partial charge is 0.232 e. The summed E-state index contributed by atoms with van der Waals surface area (Å²) in [6, 6.07) is 22.0. The van der Waals surface area contributed by atoms with E-state index in [1.54, 1.807) is 39.0 Å². The van der Waals surface area contributed by atoms with Crippen molar-refractivity contribution in [2.24, 2.45) is 15.0 Å². The molecule has 492 valence electrons. The number of hydrogen-bond acceptors (Lipinski definition) is 23. The molecule has 11 N–H and O–H groups in total. The molecule has 27 heteroatoms. The molecule has 4 rings (SSSR count). The van der Waals surface area contributed by atoms with Gasteiger partial charge in [0.25, 0.3) is 0 Å². The zero-order valence-corrected chi connectivity index (χ0v) is 51.1. The second-order valence-corrected chi connectivity index (χ2v) is 19.8. The lowest BCUT2D eigenvalue weighted by Crippen LogP contribution is -2.39. The Kier molecular flexibility index (Phi) is 37.4. The van der Waals surface area contributed by atoms with E-state index in [-0.39, 0.29) is 194 Å². The molecule has 0 spiro atoms. The average molecular weight is 1250 g/mol. The normalized spacial score (nSPS) is 12.0. The minimum Gasteiger partial charge on any atom is -0.492 e. The quantitative estimate of drug-likeness (QED) is 0.0124. The van der Waals surface area contributed by atoms with Crippen molar-refractivity contribution in [3.05, 3.63) is 126 Å². The number of benzene rings is 3. The molecule has 4 aromatic rings. The number of aliphatic imine (C=N–C) groups is 3. The molecule has 0 saturated carbocycles. The molecule has 0 fully saturated rings. The molecule has 0 saturated heterocycles. The average Bonchev–Trinajstić information content (AvgIpc) is 3.75. The van der Waals surface area contributed by atoms with Crippen molar-refractivity contribution < 1.29 is 75.1 Å². The lowest BCUT2D eigenvalue weighted by molar-refractivity contribution is 0.153. The summed E-state index contributed by atoms with van der Waals surface area (Å²) in [4.78, 5) is 39.8. The van der Waals surface area contributed by atoms with Gasteiger partial charge in [-0.05, 0) is 79.4 Å². The third-order valence-electron chi connectivity index (χ3n) is 13.2. The van der Waals surface area contributed by atoms with Crippen molar-refractivity contribution in [1.82, 2.24) is 29.7 Å². The first-order valence-corrected chi connectivity index (χ1v) is 29.9. The highest BCUT2D eigenvalue weighted by Gasteiger charge is 2.23. The Morgan fingerprint density at radius 3 is 1.62 bits per heavy atom. The van der Waals surface area contributed by atoms with Crippen molar-refractivity contribution in [3.63, 3.8) is 0 Å². The molecule has 89 heavy (non-hydrogen) atoms. The van der Waals surface area contributed by atoms with Crippen LogP contribution in [0.15, 0.2) is 124 Å². The largest absolute Gasteiger partial charge is 0.492 e. The van der Waals surface area contributed by atoms with Crippen molar-refractivity contribution in [3.8, 4) is 17.2 Å². The zero-order valence-electron chi connectivity index (χ0n) is 51.1. The van der Waals surface area contributed by atoms with Crippen LogP contribution in [0, 0.1) is 0 Å². The van der Waals surface area contributed by atoms with Gasteiger partial charge in [-0.15, -0.1) is 0 Å². The summed E-state index contributed by atoms with van der Waals surface area (Å²) in [5.74, 6) is 2.80. The van der Waals surface area contributed by atoms with Crippen LogP contribution in [0.5, 0.6) is 17.2 Å². The van der Waals surface area contributed by atoms with E-state index in [1.165, 1.54) is 0 Å². The maximum Gasteiger partial charge on any atom is 0.232 e.